The third-order valence-electron chi connectivity index (χ3n) is 6.47. The van der Waals surface area contributed by atoms with E-state index >= 15 is 0 Å². The van der Waals surface area contributed by atoms with Crippen LogP contribution >= 0.6 is 0 Å². The predicted molar refractivity (Wildman–Crippen MR) is 124 cm³/mol. The van der Waals surface area contributed by atoms with Crippen molar-refractivity contribution in [1.29, 1.82) is 0 Å². The van der Waals surface area contributed by atoms with Gasteiger partial charge in [0.25, 0.3) is 5.91 Å². The van der Waals surface area contributed by atoms with Crippen molar-refractivity contribution in [2.75, 3.05) is 32.7 Å². The molecule has 3 heterocycles. The number of para-hydroxylation sites is 1. The standard InChI is InChI=1S/C25H27N5O3/c31-23(29-12-10-28(11-13-29)16-18-6-2-1-3-7-18)17-30-24(32)22(27-25(30)33)14-19-15-26-21-9-5-4-8-20(19)21/h1-9,15,22,26H,10-14,16-17H2,(H,27,33)/t22-/m0/s1. The third-order valence-corrected chi connectivity index (χ3v) is 6.47. The zero-order valence-corrected chi connectivity index (χ0v) is 18.4. The van der Waals surface area contributed by atoms with Gasteiger partial charge in [0.2, 0.25) is 5.91 Å². The number of hydrogen-bond acceptors (Lipinski definition) is 4. The summed E-state index contributed by atoms with van der Waals surface area (Å²) < 4.78 is 0. The zero-order valence-electron chi connectivity index (χ0n) is 18.4. The van der Waals surface area contributed by atoms with Crippen molar-refractivity contribution in [2.45, 2.75) is 19.0 Å². The maximum Gasteiger partial charge on any atom is 0.325 e. The first-order valence-corrected chi connectivity index (χ1v) is 11.3. The molecule has 33 heavy (non-hydrogen) atoms. The van der Waals surface area contributed by atoms with Crippen molar-refractivity contribution in [3.05, 3.63) is 71.9 Å². The van der Waals surface area contributed by atoms with E-state index in [4.69, 9.17) is 0 Å². The van der Waals surface area contributed by atoms with Crippen LogP contribution in [0.3, 0.4) is 0 Å². The van der Waals surface area contributed by atoms with Crippen molar-refractivity contribution < 1.29 is 14.4 Å². The molecule has 2 aliphatic heterocycles. The second-order valence-corrected chi connectivity index (χ2v) is 8.63. The van der Waals surface area contributed by atoms with Gasteiger partial charge in [-0.25, -0.2) is 4.79 Å². The van der Waals surface area contributed by atoms with Gasteiger partial charge in [0.1, 0.15) is 12.6 Å². The number of fused-ring (bicyclic) bond motifs is 1. The first kappa shape index (κ1) is 21.2. The van der Waals surface area contributed by atoms with Crippen LogP contribution in [-0.2, 0) is 22.6 Å². The number of H-pyrrole nitrogens is 1. The average molecular weight is 446 g/mol. The van der Waals surface area contributed by atoms with Crippen LogP contribution in [0.5, 0.6) is 0 Å². The number of rotatable bonds is 6. The molecule has 3 aromatic rings. The lowest BCUT2D eigenvalue weighted by Crippen LogP contribution is -2.51. The molecule has 2 aliphatic rings. The summed E-state index contributed by atoms with van der Waals surface area (Å²) in [6.45, 7) is 3.36. The number of carbonyl (C=O) groups excluding carboxylic acids is 3. The molecule has 5 rings (SSSR count). The van der Waals surface area contributed by atoms with E-state index in [2.05, 4.69) is 27.3 Å². The minimum atomic E-state index is -0.660. The highest BCUT2D eigenvalue weighted by atomic mass is 16.2. The Hall–Kier alpha value is -3.65. The maximum absolute atomic E-state index is 12.9. The number of piperazine rings is 1. The molecule has 2 N–H and O–H groups in total. The predicted octanol–water partition coefficient (Wildman–Crippen LogP) is 1.98. The molecule has 2 saturated heterocycles. The van der Waals surface area contributed by atoms with E-state index in [1.54, 1.807) is 4.90 Å². The Balaban J connectivity index is 1.15. The summed E-state index contributed by atoms with van der Waals surface area (Å²) in [4.78, 5) is 46.5. The van der Waals surface area contributed by atoms with E-state index < -0.39 is 12.1 Å². The molecule has 0 unspecified atom stereocenters. The molecule has 0 bridgehead atoms. The maximum atomic E-state index is 12.9. The fraction of sp³-hybridized carbons (Fsp3) is 0.320. The first-order valence-electron chi connectivity index (χ1n) is 11.3. The van der Waals surface area contributed by atoms with Crippen molar-refractivity contribution in [3.8, 4) is 0 Å². The highest BCUT2D eigenvalue weighted by molar-refractivity contribution is 6.06. The summed E-state index contributed by atoms with van der Waals surface area (Å²) in [5.41, 5.74) is 3.20. The number of nitrogens with zero attached hydrogens (tertiary/aromatic N) is 3. The van der Waals surface area contributed by atoms with Crippen LogP contribution in [-0.4, -0.2) is 76.3 Å². The van der Waals surface area contributed by atoms with Crippen molar-refractivity contribution in [2.24, 2.45) is 0 Å². The van der Waals surface area contributed by atoms with Crippen LogP contribution in [0.1, 0.15) is 11.1 Å². The number of amides is 4. The number of nitrogens with one attached hydrogen (secondary N) is 2. The fourth-order valence-corrected chi connectivity index (χ4v) is 4.62. The van der Waals surface area contributed by atoms with Crippen LogP contribution in [0.4, 0.5) is 4.79 Å². The number of urea groups is 1. The number of hydrogen-bond donors (Lipinski definition) is 2. The molecule has 1 aromatic heterocycles. The van der Waals surface area contributed by atoms with E-state index in [-0.39, 0.29) is 18.4 Å². The lowest BCUT2D eigenvalue weighted by atomic mass is 10.1. The summed E-state index contributed by atoms with van der Waals surface area (Å²) >= 11 is 0. The van der Waals surface area contributed by atoms with Gasteiger partial charge in [-0.3, -0.25) is 19.4 Å². The molecule has 4 amide bonds. The minimum Gasteiger partial charge on any atom is -0.361 e. The summed E-state index contributed by atoms with van der Waals surface area (Å²) in [5.74, 6) is -0.535. The Morgan fingerprint density at radius 1 is 0.939 bits per heavy atom. The molecule has 0 aliphatic carbocycles. The highest BCUT2D eigenvalue weighted by Gasteiger charge is 2.40. The number of benzene rings is 2. The Morgan fingerprint density at radius 2 is 1.67 bits per heavy atom. The number of aromatic nitrogens is 1. The van der Waals surface area contributed by atoms with Gasteiger partial charge in [-0.05, 0) is 17.2 Å². The summed E-state index contributed by atoms with van der Waals surface area (Å²) in [6.07, 6.45) is 2.25. The Labute approximate surface area is 192 Å². The average Bonchev–Trinajstić information content (AvgIpc) is 3.36. The largest absolute Gasteiger partial charge is 0.361 e. The number of carbonyl (C=O) groups is 3. The first-order chi connectivity index (χ1) is 16.1. The van der Waals surface area contributed by atoms with Crippen molar-refractivity contribution >= 4 is 28.7 Å². The number of aromatic amines is 1. The van der Waals surface area contributed by atoms with E-state index in [0.29, 0.717) is 19.5 Å². The lowest BCUT2D eigenvalue weighted by Gasteiger charge is -2.35. The minimum absolute atomic E-state index is 0.189. The molecular weight excluding hydrogens is 418 g/mol. The van der Waals surface area contributed by atoms with Gasteiger partial charge >= 0.3 is 6.03 Å². The van der Waals surface area contributed by atoms with Crippen LogP contribution in [0.15, 0.2) is 60.8 Å². The van der Waals surface area contributed by atoms with Gasteiger partial charge in [0, 0.05) is 56.2 Å². The van der Waals surface area contributed by atoms with Gasteiger partial charge in [0.05, 0.1) is 0 Å². The van der Waals surface area contributed by atoms with Gasteiger partial charge < -0.3 is 15.2 Å². The van der Waals surface area contributed by atoms with Crippen LogP contribution in [0.25, 0.3) is 10.9 Å². The Morgan fingerprint density at radius 3 is 2.45 bits per heavy atom. The SMILES string of the molecule is O=C(CN1C(=O)N[C@@H](Cc2c[nH]c3ccccc23)C1=O)N1CCN(Cc2ccccc2)CC1. The highest BCUT2D eigenvalue weighted by Crippen LogP contribution is 2.21. The van der Waals surface area contributed by atoms with E-state index in [0.717, 1.165) is 41.0 Å². The quantitative estimate of drug-likeness (QED) is 0.568. The summed E-state index contributed by atoms with van der Waals surface area (Å²) in [6, 6.07) is 16.9. The van der Waals surface area contributed by atoms with Gasteiger partial charge in [-0.15, -0.1) is 0 Å². The normalized spacial score (nSPS) is 19.3. The second kappa shape index (κ2) is 9.07. The molecule has 1 atom stereocenters. The van der Waals surface area contributed by atoms with Gasteiger partial charge in [-0.2, -0.15) is 0 Å². The van der Waals surface area contributed by atoms with Crippen LogP contribution in [0.2, 0.25) is 0 Å². The van der Waals surface area contributed by atoms with Gasteiger partial charge in [-0.1, -0.05) is 48.5 Å². The molecule has 8 heteroatoms. The fourth-order valence-electron chi connectivity index (χ4n) is 4.62. The van der Waals surface area contributed by atoms with E-state index in [9.17, 15) is 14.4 Å². The second-order valence-electron chi connectivity index (χ2n) is 8.63. The molecule has 0 spiro atoms. The van der Waals surface area contributed by atoms with E-state index in [1.807, 2.05) is 48.7 Å². The van der Waals surface area contributed by atoms with Gasteiger partial charge in [0.15, 0.2) is 0 Å². The molecule has 2 aromatic carbocycles. The molecule has 170 valence electrons. The van der Waals surface area contributed by atoms with Crippen molar-refractivity contribution in [1.82, 2.24) is 25.0 Å². The molecule has 8 nitrogen and oxygen atoms in total. The smallest absolute Gasteiger partial charge is 0.325 e. The van der Waals surface area contributed by atoms with Crippen LogP contribution in [0, 0.1) is 0 Å². The topological polar surface area (TPSA) is 88.8 Å². The van der Waals surface area contributed by atoms with E-state index in [1.165, 1.54) is 5.56 Å². The molecule has 0 radical (unpaired) electrons. The summed E-state index contributed by atoms with van der Waals surface area (Å²) in [5, 5.41) is 3.77. The zero-order chi connectivity index (χ0) is 22.8. The Bertz CT molecular complexity index is 1170. The van der Waals surface area contributed by atoms with Crippen LogP contribution < -0.4 is 5.32 Å². The summed E-state index contributed by atoms with van der Waals surface area (Å²) in [7, 11) is 0. The third kappa shape index (κ3) is 4.47. The van der Waals surface area contributed by atoms with Crippen molar-refractivity contribution in [3.63, 3.8) is 0 Å². The number of imide groups is 1. The molecular formula is C25H27N5O3. The lowest BCUT2D eigenvalue weighted by molar-refractivity contribution is -0.138. The monoisotopic (exact) mass is 445 g/mol. The Kier molecular flexibility index (Phi) is 5.83. The molecule has 0 saturated carbocycles. The molecule has 2 fully saturated rings.